The van der Waals surface area contributed by atoms with E-state index in [0.717, 1.165) is 11.8 Å². The van der Waals surface area contributed by atoms with Crippen LogP contribution in [-0.4, -0.2) is 38.6 Å². The van der Waals surface area contributed by atoms with Crippen LogP contribution in [0.25, 0.3) is 0 Å². The van der Waals surface area contributed by atoms with E-state index in [2.05, 4.69) is 38.3 Å². The lowest BCUT2D eigenvalue weighted by Gasteiger charge is -2.34. The largest absolute Gasteiger partial charge is 0.315 e. The van der Waals surface area contributed by atoms with Crippen LogP contribution in [-0.2, 0) is 0 Å². The van der Waals surface area contributed by atoms with Gasteiger partial charge in [-0.25, -0.2) is 0 Å². The Hall–Kier alpha value is -0.0800. The fourth-order valence-electron chi connectivity index (χ4n) is 2.72. The van der Waals surface area contributed by atoms with Crippen molar-refractivity contribution < 1.29 is 0 Å². The molecule has 3 unspecified atom stereocenters. The van der Waals surface area contributed by atoms with Crippen molar-refractivity contribution in [2.24, 2.45) is 11.8 Å². The van der Waals surface area contributed by atoms with Gasteiger partial charge >= 0.3 is 0 Å². The van der Waals surface area contributed by atoms with Crippen LogP contribution in [0, 0.1) is 11.8 Å². The van der Waals surface area contributed by atoms with Crippen molar-refractivity contribution in [3.63, 3.8) is 0 Å². The van der Waals surface area contributed by atoms with E-state index in [4.69, 9.17) is 0 Å². The highest BCUT2D eigenvalue weighted by atomic mass is 15.1. The third kappa shape index (κ3) is 3.58. The van der Waals surface area contributed by atoms with Gasteiger partial charge in [0.1, 0.15) is 0 Å². The molecular formula is C12H26N2. The van der Waals surface area contributed by atoms with E-state index in [0.29, 0.717) is 6.04 Å². The molecule has 1 saturated carbocycles. The second-order valence-corrected chi connectivity index (χ2v) is 5.19. The van der Waals surface area contributed by atoms with Crippen LogP contribution in [0.1, 0.15) is 32.6 Å². The maximum atomic E-state index is 3.48. The Morgan fingerprint density at radius 2 is 2.07 bits per heavy atom. The van der Waals surface area contributed by atoms with Gasteiger partial charge in [-0.3, -0.25) is 0 Å². The van der Waals surface area contributed by atoms with Crippen LogP contribution in [0.5, 0.6) is 0 Å². The van der Waals surface area contributed by atoms with Gasteiger partial charge < -0.3 is 10.2 Å². The molecule has 0 amide bonds. The molecule has 0 aromatic rings. The Morgan fingerprint density at radius 3 is 2.57 bits per heavy atom. The summed E-state index contributed by atoms with van der Waals surface area (Å²) >= 11 is 0. The molecule has 1 aliphatic rings. The molecule has 1 rings (SSSR count). The molecule has 0 spiro atoms. The molecule has 14 heavy (non-hydrogen) atoms. The molecular weight excluding hydrogens is 172 g/mol. The van der Waals surface area contributed by atoms with Crippen LogP contribution in [0.2, 0.25) is 0 Å². The van der Waals surface area contributed by atoms with E-state index in [-0.39, 0.29) is 0 Å². The lowest BCUT2D eigenvalue weighted by molar-refractivity contribution is 0.198. The van der Waals surface area contributed by atoms with Gasteiger partial charge in [0.2, 0.25) is 0 Å². The second-order valence-electron chi connectivity index (χ2n) is 5.19. The van der Waals surface area contributed by atoms with E-state index in [1.807, 2.05) is 0 Å². The summed E-state index contributed by atoms with van der Waals surface area (Å²) in [6.45, 7) is 3.57. The highest BCUT2D eigenvalue weighted by Crippen LogP contribution is 2.30. The van der Waals surface area contributed by atoms with Crippen molar-refractivity contribution in [3.05, 3.63) is 0 Å². The Balaban J connectivity index is 2.42. The number of rotatable bonds is 4. The van der Waals surface area contributed by atoms with Crippen LogP contribution in [0.4, 0.5) is 0 Å². The van der Waals surface area contributed by atoms with Crippen molar-refractivity contribution in [2.45, 2.75) is 38.6 Å². The van der Waals surface area contributed by atoms with Crippen molar-refractivity contribution in [1.82, 2.24) is 10.2 Å². The van der Waals surface area contributed by atoms with Gasteiger partial charge in [-0.15, -0.1) is 0 Å². The normalized spacial score (nSPS) is 30.6. The maximum Gasteiger partial charge on any atom is 0.0220 e. The minimum atomic E-state index is 0.688. The fourth-order valence-corrected chi connectivity index (χ4v) is 2.72. The van der Waals surface area contributed by atoms with Gasteiger partial charge in [-0.2, -0.15) is 0 Å². The Morgan fingerprint density at radius 1 is 1.36 bits per heavy atom. The molecule has 84 valence electrons. The molecule has 1 fully saturated rings. The summed E-state index contributed by atoms with van der Waals surface area (Å²) in [7, 11) is 6.43. The summed E-state index contributed by atoms with van der Waals surface area (Å²) in [6, 6.07) is 0.688. The number of hydrogen-bond donors (Lipinski definition) is 1. The summed E-state index contributed by atoms with van der Waals surface area (Å²) in [4.78, 5) is 2.29. The number of nitrogens with zero attached hydrogens (tertiary/aromatic N) is 1. The summed E-state index contributed by atoms with van der Waals surface area (Å²) in [5, 5.41) is 3.48. The van der Waals surface area contributed by atoms with E-state index < -0.39 is 0 Å². The topological polar surface area (TPSA) is 15.3 Å². The second kappa shape index (κ2) is 5.72. The quantitative estimate of drug-likeness (QED) is 0.743. The van der Waals surface area contributed by atoms with Crippen molar-refractivity contribution in [1.29, 1.82) is 0 Å². The zero-order valence-electron chi connectivity index (χ0n) is 10.2. The summed E-state index contributed by atoms with van der Waals surface area (Å²) in [5.41, 5.74) is 0. The zero-order valence-corrected chi connectivity index (χ0v) is 10.2. The molecule has 0 bridgehead atoms. The molecule has 0 aromatic carbocycles. The first-order valence-corrected chi connectivity index (χ1v) is 5.95. The van der Waals surface area contributed by atoms with E-state index >= 15 is 0 Å². The first kappa shape index (κ1) is 12.0. The molecule has 0 heterocycles. The average Bonchev–Trinajstić information content (AvgIpc) is 2.14. The third-order valence-corrected chi connectivity index (χ3v) is 3.48. The molecule has 1 N–H and O–H groups in total. The van der Waals surface area contributed by atoms with Gasteiger partial charge in [0.15, 0.2) is 0 Å². The van der Waals surface area contributed by atoms with E-state index in [9.17, 15) is 0 Å². The first-order valence-electron chi connectivity index (χ1n) is 5.95. The van der Waals surface area contributed by atoms with Gasteiger partial charge in [-0.1, -0.05) is 19.8 Å². The summed E-state index contributed by atoms with van der Waals surface area (Å²) in [5.74, 6) is 1.83. The minimum absolute atomic E-state index is 0.688. The van der Waals surface area contributed by atoms with Crippen LogP contribution in [0.15, 0.2) is 0 Å². The van der Waals surface area contributed by atoms with Crippen LogP contribution >= 0.6 is 0 Å². The van der Waals surface area contributed by atoms with E-state index in [1.54, 1.807) is 0 Å². The number of likely N-dealkylation sites (N-methyl/N-ethyl adjacent to an activating group) is 2. The maximum absolute atomic E-state index is 3.48. The van der Waals surface area contributed by atoms with E-state index in [1.165, 1.54) is 32.2 Å². The summed E-state index contributed by atoms with van der Waals surface area (Å²) < 4.78 is 0. The molecule has 3 atom stereocenters. The molecule has 0 aromatic heterocycles. The fraction of sp³-hybridized carbons (Fsp3) is 1.00. The molecule has 0 aliphatic heterocycles. The minimum Gasteiger partial charge on any atom is -0.315 e. The Kier molecular flexibility index (Phi) is 4.90. The predicted molar refractivity (Wildman–Crippen MR) is 62.5 cm³/mol. The SMILES string of the molecule is CNC(CN(C)C)C1CCCC(C)C1. The molecule has 1 aliphatic carbocycles. The monoisotopic (exact) mass is 198 g/mol. The average molecular weight is 198 g/mol. The third-order valence-electron chi connectivity index (χ3n) is 3.48. The van der Waals surface area contributed by atoms with Crippen LogP contribution in [0.3, 0.4) is 0 Å². The number of nitrogens with one attached hydrogen (secondary N) is 1. The van der Waals surface area contributed by atoms with Crippen LogP contribution < -0.4 is 5.32 Å². The van der Waals surface area contributed by atoms with Crippen molar-refractivity contribution in [2.75, 3.05) is 27.7 Å². The van der Waals surface area contributed by atoms with Gasteiger partial charge in [-0.05, 0) is 45.8 Å². The van der Waals surface area contributed by atoms with Crippen molar-refractivity contribution >= 4 is 0 Å². The molecule has 2 heteroatoms. The standard InChI is InChI=1S/C12H26N2/c1-10-6-5-7-11(8-10)12(13-2)9-14(3)4/h10-13H,5-9H2,1-4H3. The summed E-state index contributed by atoms with van der Waals surface area (Å²) in [6.07, 6.45) is 5.70. The van der Waals surface area contributed by atoms with Gasteiger partial charge in [0, 0.05) is 12.6 Å². The van der Waals surface area contributed by atoms with Gasteiger partial charge in [0.05, 0.1) is 0 Å². The number of hydrogen-bond acceptors (Lipinski definition) is 2. The highest BCUT2D eigenvalue weighted by Gasteiger charge is 2.25. The zero-order chi connectivity index (χ0) is 10.6. The molecule has 0 radical (unpaired) electrons. The van der Waals surface area contributed by atoms with Gasteiger partial charge in [0.25, 0.3) is 0 Å². The Labute approximate surface area is 89.1 Å². The lowest BCUT2D eigenvalue weighted by Crippen LogP contribution is -2.43. The molecule has 2 nitrogen and oxygen atoms in total. The lowest BCUT2D eigenvalue weighted by atomic mass is 9.78. The predicted octanol–water partition coefficient (Wildman–Crippen LogP) is 1.96. The van der Waals surface area contributed by atoms with Crippen molar-refractivity contribution in [3.8, 4) is 0 Å². The smallest absolute Gasteiger partial charge is 0.0220 e. The highest BCUT2D eigenvalue weighted by molar-refractivity contribution is 4.81. The Bertz CT molecular complexity index is 154. The molecule has 0 saturated heterocycles. The first-order chi connectivity index (χ1) is 6.63.